The molecule has 174 valence electrons. The van der Waals surface area contributed by atoms with Gasteiger partial charge in [-0.3, -0.25) is 14.9 Å². The smallest absolute Gasteiger partial charge is 0.336 e. The number of amides is 4. The third-order valence-electron chi connectivity index (χ3n) is 5.83. The van der Waals surface area contributed by atoms with Crippen LogP contribution in [0, 0.1) is 6.92 Å². The van der Waals surface area contributed by atoms with Gasteiger partial charge in [0.15, 0.2) is 0 Å². The number of carbonyl (C=O) groups excluding carboxylic acids is 3. The quantitative estimate of drug-likeness (QED) is 0.275. The molecule has 5 rings (SSSR count). The lowest BCUT2D eigenvalue weighted by Gasteiger charge is -2.27. The van der Waals surface area contributed by atoms with Crippen LogP contribution in [0.4, 0.5) is 10.5 Å². The number of nitrogens with zero attached hydrogens (tertiary/aromatic N) is 2. The maximum atomic E-state index is 13.4. The zero-order valence-electron chi connectivity index (χ0n) is 18.6. The van der Waals surface area contributed by atoms with Crippen molar-refractivity contribution >= 4 is 63.7 Å². The molecule has 1 saturated heterocycles. The number of para-hydroxylation sites is 1. The van der Waals surface area contributed by atoms with Gasteiger partial charge in [0.05, 0.1) is 15.7 Å². The second-order valence-corrected chi connectivity index (χ2v) is 9.03. The lowest BCUT2D eigenvalue weighted by molar-refractivity contribution is -0.122. The Hall–Kier alpha value is -3.87. The van der Waals surface area contributed by atoms with Crippen LogP contribution in [0.1, 0.15) is 16.7 Å². The predicted octanol–water partition coefficient (Wildman–Crippen LogP) is 5.97. The number of barbiturate groups is 1. The molecule has 4 amide bonds. The molecule has 1 aromatic heterocycles. The summed E-state index contributed by atoms with van der Waals surface area (Å²) in [4.78, 5) is 39.5. The van der Waals surface area contributed by atoms with Gasteiger partial charge in [0.1, 0.15) is 5.57 Å². The van der Waals surface area contributed by atoms with Crippen molar-refractivity contribution in [1.29, 1.82) is 0 Å². The average Bonchev–Trinajstić information content (AvgIpc) is 3.16. The molecule has 0 unspecified atom stereocenters. The second-order valence-electron chi connectivity index (χ2n) is 8.25. The minimum atomic E-state index is -0.886. The van der Waals surface area contributed by atoms with Gasteiger partial charge in [0, 0.05) is 29.2 Å². The van der Waals surface area contributed by atoms with E-state index >= 15 is 0 Å². The van der Waals surface area contributed by atoms with E-state index in [4.69, 9.17) is 23.2 Å². The normalized spacial score (nSPS) is 15.2. The first-order chi connectivity index (χ1) is 16.8. The van der Waals surface area contributed by atoms with E-state index in [9.17, 15) is 14.4 Å². The summed E-state index contributed by atoms with van der Waals surface area (Å²) in [6, 6.07) is 19.7. The lowest BCUT2D eigenvalue weighted by atomic mass is 10.1. The van der Waals surface area contributed by atoms with Crippen LogP contribution in [-0.4, -0.2) is 22.4 Å². The number of nitrogens with one attached hydrogen (secondary N) is 1. The summed E-state index contributed by atoms with van der Waals surface area (Å²) in [6.07, 6.45) is 3.40. The monoisotopic (exact) mass is 503 g/mol. The van der Waals surface area contributed by atoms with Gasteiger partial charge in [-0.25, -0.2) is 9.69 Å². The van der Waals surface area contributed by atoms with Crippen molar-refractivity contribution in [3.8, 4) is 0 Å². The molecule has 0 spiro atoms. The summed E-state index contributed by atoms with van der Waals surface area (Å²) in [5, 5.41) is 3.33. The van der Waals surface area contributed by atoms with Gasteiger partial charge in [0.2, 0.25) is 0 Å². The minimum absolute atomic E-state index is 0.0427. The molecule has 0 bridgehead atoms. The Balaban J connectivity index is 1.59. The first-order valence-corrected chi connectivity index (χ1v) is 11.6. The fraction of sp³-hybridized carbons (Fsp3) is 0.0741. The van der Waals surface area contributed by atoms with Gasteiger partial charge in [-0.2, -0.15) is 0 Å². The Bertz CT molecular complexity index is 1550. The number of carbonyl (C=O) groups is 3. The number of halogens is 2. The number of imide groups is 2. The van der Waals surface area contributed by atoms with Gasteiger partial charge in [-0.05, 0) is 36.8 Å². The number of aromatic nitrogens is 1. The summed E-state index contributed by atoms with van der Waals surface area (Å²) in [5.41, 5.74) is 3.84. The maximum Gasteiger partial charge on any atom is 0.336 e. The first-order valence-electron chi connectivity index (χ1n) is 10.8. The molecule has 0 radical (unpaired) electrons. The molecule has 3 aromatic carbocycles. The molecule has 6 nitrogen and oxygen atoms in total. The van der Waals surface area contributed by atoms with Gasteiger partial charge in [-0.1, -0.05) is 77.3 Å². The molecule has 4 aromatic rings. The lowest BCUT2D eigenvalue weighted by Crippen LogP contribution is -2.54. The van der Waals surface area contributed by atoms with Crippen molar-refractivity contribution in [3.05, 3.63) is 105 Å². The van der Waals surface area contributed by atoms with E-state index in [1.165, 1.54) is 12.1 Å². The number of benzene rings is 3. The van der Waals surface area contributed by atoms with Crippen molar-refractivity contribution in [2.75, 3.05) is 4.90 Å². The van der Waals surface area contributed by atoms with Crippen molar-refractivity contribution in [2.24, 2.45) is 0 Å². The average molecular weight is 504 g/mol. The number of hydrogen-bond donors (Lipinski definition) is 1. The Morgan fingerprint density at radius 2 is 1.71 bits per heavy atom. The SMILES string of the molecule is Cc1cccc(Cn2cc(/C=C3\C(=O)NC(=O)N(c4cccc(Cl)c4Cl)C3=O)c3ccccc32)c1. The molecule has 0 aliphatic carbocycles. The predicted molar refractivity (Wildman–Crippen MR) is 138 cm³/mol. The Morgan fingerprint density at radius 1 is 0.943 bits per heavy atom. The number of anilines is 1. The van der Waals surface area contributed by atoms with Crippen molar-refractivity contribution < 1.29 is 14.4 Å². The minimum Gasteiger partial charge on any atom is -0.342 e. The molecule has 35 heavy (non-hydrogen) atoms. The van der Waals surface area contributed by atoms with Gasteiger partial charge in [0.25, 0.3) is 11.8 Å². The van der Waals surface area contributed by atoms with Crippen LogP contribution in [0.2, 0.25) is 10.0 Å². The summed E-state index contributed by atoms with van der Waals surface area (Å²) >= 11 is 12.3. The van der Waals surface area contributed by atoms with Crippen LogP contribution in [0.5, 0.6) is 0 Å². The van der Waals surface area contributed by atoms with Gasteiger partial charge >= 0.3 is 6.03 Å². The number of rotatable bonds is 4. The van der Waals surface area contributed by atoms with Crippen LogP contribution in [-0.2, 0) is 16.1 Å². The van der Waals surface area contributed by atoms with Crippen molar-refractivity contribution in [3.63, 3.8) is 0 Å². The van der Waals surface area contributed by atoms with E-state index in [0.717, 1.165) is 26.9 Å². The topological polar surface area (TPSA) is 71.4 Å². The van der Waals surface area contributed by atoms with Crippen LogP contribution < -0.4 is 10.2 Å². The molecule has 1 fully saturated rings. The van der Waals surface area contributed by atoms with E-state index in [0.29, 0.717) is 12.1 Å². The van der Waals surface area contributed by atoms with Crippen LogP contribution >= 0.6 is 23.2 Å². The third kappa shape index (κ3) is 4.22. The summed E-state index contributed by atoms with van der Waals surface area (Å²) in [7, 11) is 0. The van der Waals surface area contributed by atoms with E-state index in [1.54, 1.807) is 12.1 Å². The fourth-order valence-electron chi connectivity index (χ4n) is 4.23. The molecular formula is C27H19Cl2N3O3. The van der Waals surface area contributed by atoms with Crippen LogP contribution in [0.15, 0.2) is 78.5 Å². The fourth-order valence-corrected chi connectivity index (χ4v) is 4.61. The highest BCUT2D eigenvalue weighted by Crippen LogP contribution is 2.34. The van der Waals surface area contributed by atoms with Crippen molar-refractivity contribution in [2.45, 2.75) is 13.5 Å². The Labute approximate surface area is 211 Å². The number of aryl methyl sites for hydroxylation is 1. The highest BCUT2D eigenvalue weighted by atomic mass is 35.5. The van der Waals surface area contributed by atoms with E-state index in [2.05, 4.69) is 22.0 Å². The number of urea groups is 1. The Kier molecular flexibility index (Phi) is 5.93. The molecule has 1 N–H and O–H groups in total. The Morgan fingerprint density at radius 3 is 2.51 bits per heavy atom. The van der Waals surface area contributed by atoms with Crippen molar-refractivity contribution in [1.82, 2.24) is 9.88 Å². The first kappa shape index (κ1) is 22.9. The molecule has 2 heterocycles. The van der Waals surface area contributed by atoms with Gasteiger partial charge in [-0.15, -0.1) is 0 Å². The second kappa shape index (κ2) is 9.06. The molecular weight excluding hydrogens is 485 g/mol. The zero-order chi connectivity index (χ0) is 24.7. The van der Waals surface area contributed by atoms with Gasteiger partial charge < -0.3 is 4.57 Å². The third-order valence-corrected chi connectivity index (χ3v) is 6.64. The zero-order valence-corrected chi connectivity index (χ0v) is 20.1. The summed E-state index contributed by atoms with van der Waals surface area (Å²) in [5.74, 6) is -1.55. The van der Waals surface area contributed by atoms with Crippen LogP contribution in [0.3, 0.4) is 0 Å². The highest BCUT2D eigenvalue weighted by Gasteiger charge is 2.38. The molecule has 0 saturated carbocycles. The molecule has 8 heteroatoms. The standard InChI is InChI=1S/C27H19Cl2N3O3/c1-16-6-4-7-17(12-16)14-31-15-18(19-8-2-3-10-22(19)31)13-20-25(33)30-27(35)32(26(20)34)23-11-5-9-21(28)24(23)29/h2-13,15H,14H2,1H3,(H,30,33,35)/b20-13+. The molecule has 1 aliphatic heterocycles. The van der Waals surface area contributed by atoms with E-state index in [-0.39, 0.29) is 21.3 Å². The van der Waals surface area contributed by atoms with Crippen LogP contribution in [0.25, 0.3) is 17.0 Å². The molecule has 1 aliphatic rings. The van der Waals surface area contributed by atoms with E-state index in [1.807, 2.05) is 49.5 Å². The number of hydrogen-bond acceptors (Lipinski definition) is 3. The highest BCUT2D eigenvalue weighted by molar-refractivity contribution is 6.46. The molecule has 0 atom stereocenters. The maximum absolute atomic E-state index is 13.4. The largest absolute Gasteiger partial charge is 0.342 e. The van der Waals surface area contributed by atoms with E-state index < -0.39 is 17.8 Å². The summed E-state index contributed by atoms with van der Waals surface area (Å²) in [6.45, 7) is 2.66. The summed E-state index contributed by atoms with van der Waals surface area (Å²) < 4.78 is 2.07. The number of fused-ring (bicyclic) bond motifs is 1.